The number of nitrogens with two attached hydrogens (primary N) is 1. The first-order valence-corrected chi connectivity index (χ1v) is 6.51. The number of benzene rings is 1. The fourth-order valence-electron chi connectivity index (χ4n) is 2.14. The summed E-state index contributed by atoms with van der Waals surface area (Å²) in [6.45, 7) is 1.18. The molecule has 110 valence electrons. The first kappa shape index (κ1) is 15.0. The van der Waals surface area contributed by atoms with Gasteiger partial charge in [0.1, 0.15) is 6.04 Å². The number of hydrogen-bond acceptors (Lipinski definition) is 5. The Balaban J connectivity index is 1.97. The minimum absolute atomic E-state index is 0.0494. The van der Waals surface area contributed by atoms with Crippen LogP contribution in [0.2, 0.25) is 0 Å². The Labute approximate surface area is 122 Å². The van der Waals surface area contributed by atoms with E-state index in [1.807, 2.05) is 6.07 Å². The second-order valence-corrected chi connectivity index (χ2v) is 4.70. The molecule has 7 nitrogen and oxygen atoms in total. The number of ether oxygens (including phenoxy) is 1. The van der Waals surface area contributed by atoms with Gasteiger partial charge in [-0.1, -0.05) is 6.07 Å². The molecule has 0 spiro atoms. The fourth-order valence-corrected chi connectivity index (χ4v) is 2.14. The third-order valence-corrected chi connectivity index (χ3v) is 3.19. The summed E-state index contributed by atoms with van der Waals surface area (Å²) in [4.78, 5) is 25.0. The number of morpholine rings is 1. The van der Waals surface area contributed by atoms with Gasteiger partial charge < -0.3 is 15.8 Å². The number of amides is 2. The van der Waals surface area contributed by atoms with Crippen molar-refractivity contribution in [3.8, 4) is 6.07 Å². The Hall–Kier alpha value is -2.43. The van der Waals surface area contributed by atoms with Gasteiger partial charge in [0, 0.05) is 12.2 Å². The minimum atomic E-state index is -0.588. The summed E-state index contributed by atoms with van der Waals surface area (Å²) < 4.78 is 5.19. The molecule has 21 heavy (non-hydrogen) atoms. The van der Waals surface area contributed by atoms with Crippen molar-refractivity contribution in [1.29, 1.82) is 5.26 Å². The molecule has 2 amide bonds. The van der Waals surface area contributed by atoms with E-state index >= 15 is 0 Å². The maximum absolute atomic E-state index is 12.0. The van der Waals surface area contributed by atoms with Crippen molar-refractivity contribution in [2.45, 2.75) is 6.04 Å². The van der Waals surface area contributed by atoms with E-state index < -0.39 is 11.9 Å². The maximum atomic E-state index is 12.0. The quantitative estimate of drug-likeness (QED) is 0.789. The van der Waals surface area contributed by atoms with Crippen LogP contribution >= 0.6 is 0 Å². The molecule has 0 aromatic heterocycles. The molecule has 1 aromatic rings. The van der Waals surface area contributed by atoms with Crippen LogP contribution < -0.4 is 11.1 Å². The van der Waals surface area contributed by atoms with Crippen molar-refractivity contribution in [2.24, 2.45) is 5.73 Å². The largest absolute Gasteiger partial charge is 0.378 e. The standard InChI is InChI=1S/C14H16N4O3/c15-7-10-2-1-3-11(6-10)17-13(19)8-18-4-5-21-9-12(18)14(16)20/h1-3,6,12H,4-5,8-9H2,(H2,16,20)(H,17,19). The average molecular weight is 288 g/mol. The summed E-state index contributed by atoms with van der Waals surface area (Å²) in [7, 11) is 0. The Morgan fingerprint density at radius 3 is 3.05 bits per heavy atom. The zero-order chi connectivity index (χ0) is 15.2. The van der Waals surface area contributed by atoms with E-state index in [1.165, 1.54) is 0 Å². The van der Waals surface area contributed by atoms with Gasteiger partial charge in [0.2, 0.25) is 11.8 Å². The highest BCUT2D eigenvalue weighted by Crippen LogP contribution is 2.11. The van der Waals surface area contributed by atoms with E-state index in [1.54, 1.807) is 29.2 Å². The normalized spacial score (nSPS) is 18.7. The summed E-state index contributed by atoms with van der Waals surface area (Å²) in [5.74, 6) is -0.771. The molecular weight excluding hydrogens is 272 g/mol. The summed E-state index contributed by atoms with van der Waals surface area (Å²) in [5, 5.41) is 11.5. The highest BCUT2D eigenvalue weighted by molar-refractivity contribution is 5.93. The molecule has 7 heteroatoms. The van der Waals surface area contributed by atoms with Gasteiger partial charge in [-0.15, -0.1) is 0 Å². The molecule has 1 unspecified atom stereocenters. The van der Waals surface area contributed by atoms with Crippen molar-refractivity contribution in [3.63, 3.8) is 0 Å². The summed E-state index contributed by atoms with van der Waals surface area (Å²) in [6, 6.07) is 8.04. The first-order chi connectivity index (χ1) is 10.1. The number of primary amides is 1. The second kappa shape index (κ2) is 6.83. The monoisotopic (exact) mass is 288 g/mol. The lowest BCUT2D eigenvalue weighted by molar-refractivity contribution is -0.131. The average Bonchev–Trinajstić information content (AvgIpc) is 2.47. The van der Waals surface area contributed by atoms with Gasteiger partial charge >= 0.3 is 0 Å². The van der Waals surface area contributed by atoms with Crippen molar-refractivity contribution in [1.82, 2.24) is 4.90 Å². The van der Waals surface area contributed by atoms with E-state index in [0.29, 0.717) is 24.4 Å². The number of nitrogens with zero attached hydrogens (tertiary/aromatic N) is 2. The summed E-state index contributed by atoms with van der Waals surface area (Å²) in [5.41, 5.74) is 6.31. The van der Waals surface area contributed by atoms with Crippen molar-refractivity contribution < 1.29 is 14.3 Å². The Morgan fingerprint density at radius 2 is 2.33 bits per heavy atom. The number of carbonyl (C=O) groups excluding carboxylic acids is 2. The van der Waals surface area contributed by atoms with Crippen LogP contribution in [0.1, 0.15) is 5.56 Å². The van der Waals surface area contributed by atoms with Crippen molar-refractivity contribution in [2.75, 3.05) is 31.6 Å². The predicted molar refractivity (Wildman–Crippen MR) is 75.2 cm³/mol. The van der Waals surface area contributed by atoms with Gasteiger partial charge in [-0.3, -0.25) is 14.5 Å². The fraction of sp³-hybridized carbons (Fsp3) is 0.357. The Morgan fingerprint density at radius 1 is 1.52 bits per heavy atom. The van der Waals surface area contributed by atoms with Gasteiger partial charge in [-0.05, 0) is 18.2 Å². The topological polar surface area (TPSA) is 108 Å². The number of carbonyl (C=O) groups is 2. The first-order valence-electron chi connectivity index (χ1n) is 6.51. The molecule has 1 heterocycles. The third-order valence-electron chi connectivity index (χ3n) is 3.19. The van der Waals surface area contributed by atoms with Crippen molar-refractivity contribution >= 4 is 17.5 Å². The second-order valence-electron chi connectivity index (χ2n) is 4.70. The predicted octanol–water partition coefficient (Wildman–Crippen LogP) is -0.317. The Kier molecular flexibility index (Phi) is 4.87. The van der Waals surface area contributed by atoms with Crippen molar-refractivity contribution in [3.05, 3.63) is 29.8 Å². The maximum Gasteiger partial charge on any atom is 0.238 e. The molecule has 1 atom stereocenters. The molecule has 1 fully saturated rings. The molecule has 0 bridgehead atoms. The molecule has 0 saturated carbocycles. The highest BCUT2D eigenvalue weighted by atomic mass is 16.5. The van der Waals surface area contributed by atoms with Gasteiger partial charge in [-0.25, -0.2) is 0 Å². The van der Waals surface area contributed by atoms with Crippen LogP contribution in [0.3, 0.4) is 0 Å². The molecule has 0 radical (unpaired) electrons. The Bertz CT molecular complexity index is 582. The lowest BCUT2D eigenvalue weighted by Crippen LogP contribution is -2.54. The summed E-state index contributed by atoms with van der Waals surface area (Å²) >= 11 is 0. The van der Waals surface area contributed by atoms with Crippen LogP contribution in [-0.2, 0) is 14.3 Å². The number of hydrogen-bond donors (Lipinski definition) is 2. The zero-order valence-electron chi connectivity index (χ0n) is 11.4. The third kappa shape index (κ3) is 4.02. The number of nitriles is 1. The number of nitrogens with one attached hydrogen (secondary N) is 1. The molecule has 1 aliphatic rings. The van der Waals surface area contributed by atoms with Gasteiger partial charge in [0.15, 0.2) is 0 Å². The van der Waals surface area contributed by atoms with E-state index in [-0.39, 0.29) is 19.1 Å². The summed E-state index contributed by atoms with van der Waals surface area (Å²) in [6.07, 6.45) is 0. The molecule has 1 aromatic carbocycles. The number of anilines is 1. The zero-order valence-corrected chi connectivity index (χ0v) is 11.4. The van der Waals surface area contributed by atoms with Gasteiger partial charge in [0.05, 0.1) is 31.4 Å². The van der Waals surface area contributed by atoms with Crippen LogP contribution in [0.15, 0.2) is 24.3 Å². The van der Waals surface area contributed by atoms with E-state index in [9.17, 15) is 9.59 Å². The van der Waals surface area contributed by atoms with E-state index in [4.69, 9.17) is 15.7 Å². The van der Waals surface area contributed by atoms with Gasteiger partial charge in [0.25, 0.3) is 0 Å². The smallest absolute Gasteiger partial charge is 0.238 e. The van der Waals surface area contributed by atoms with Crippen LogP contribution in [0.4, 0.5) is 5.69 Å². The SMILES string of the molecule is N#Cc1cccc(NC(=O)CN2CCOCC2C(N)=O)c1. The molecule has 3 N–H and O–H groups in total. The van der Waals surface area contributed by atoms with Crippen LogP contribution in [-0.4, -0.2) is 49.1 Å². The number of rotatable bonds is 4. The van der Waals surface area contributed by atoms with Crippen LogP contribution in [0.5, 0.6) is 0 Å². The van der Waals surface area contributed by atoms with E-state index in [0.717, 1.165) is 0 Å². The van der Waals surface area contributed by atoms with Crippen LogP contribution in [0, 0.1) is 11.3 Å². The lowest BCUT2D eigenvalue weighted by atomic mass is 10.2. The van der Waals surface area contributed by atoms with Gasteiger partial charge in [-0.2, -0.15) is 5.26 Å². The molecule has 1 aliphatic heterocycles. The lowest BCUT2D eigenvalue weighted by Gasteiger charge is -2.32. The van der Waals surface area contributed by atoms with E-state index in [2.05, 4.69) is 5.32 Å². The molecule has 2 rings (SSSR count). The molecule has 1 saturated heterocycles. The highest BCUT2D eigenvalue weighted by Gasteiger charge is 2.28. The molecule has 0 aliphatic carbocycles. The minimum Gasteiger partial charge on any atom is -0.378 e. The van der Waals surface area contributed by atoms with Crippen LogP contribution in [0.25, 0.3) is 0 Å². The molecular formula is C14H16N4O3.